The SMILES string of the molecule is C.C1COCCN1.CCc1c(C)[nH]c2c1C(=O)/C(=C\N1CCOCC1)CC2.CCc1c(C)[nH]c2c1C(=O)C(C=O)CC2. The fourth-order valence-corrected chi connectivity index (χ4v) is 6.14. The van der Waals surface area contributed by atoms with Gasteiger partial charge in [0.1, 0.15) is 6.29 Å². The number of ether oxygens (including phenoxy) is 2. The highest BCUT2D eigenvalue weighted by Gasteiger charge is 2.31. The molecule has 9 nitrogen and oxygen atoms in total. The van der Waals surface area contributed by atoms with Crippen LogP contribution in [0, 0.1) is 19.8 Å². The van der Waals surface area contributed by atoms with Gasteiger partial charge in [0.15, 0.2) is 11.6 Å². The normalized spacial score (nSPS) is 20.8. The van der Waals surface area contributed by atoms with Crippen molar-refractivity contribution in [1.29, 1.82) is 0 Å². The predicted octanol–water partition coefficient (Wildman–Crippen LogP) is 4.30. The van der Waals surface area contributed by atoms with E-state index in [4.69, 9.17) is 9.47 Å². The lowest BCUT2D eigenvalue weighted by atomic mass is 9.85. The van der Waals surface area contributed by atoms with Crippen LogP contribution in [0.25, 0.3) is 0 Å². The number of ketones is 2. The minimum Gasteiger partial charge on any atom is -0.379 e. The Hall–Kier alpha value is -3.01. The van der Waals surface area contributed by atoms with Gasteiger partial charge in [-0.3, -0.25) is 9.59 Å². The third-order valence-corrected chi connectivity index (χ3v) is 8.34. The predicted molar refractivity (Wildman–Crippen MR) is 166 cm³/mol. The fraction of sp³-hybridized carbons (Fsp3) is 0.606. The highest BCUT2D eigenvalue weighted by Crippen LogP contribution is 2.31. The molecule has 4 aliphatic rings. The molecule has 2 aromatic heterocycles. The first-order chi connectivity index (χ1) is 19.9. The molecule has 9 heteroatoms. The van der Waals surface area contributed by atoms with Gasteiger partial charge in [-0.25, -0.2) is 0 Å². The smallest absolute Gasteiger partial charge is 0.192 e. The zero-order valence-corrected chi connectivity index (χ0v) is 25.1. The molecule has 0 spiro atoms. The highest BCUT2D eigenvalue weighted by molar-refractivity contribution is 6.11. The van der Waals surface area contributed by atoms with Crippen molar-refractivity contribution in [3.05, 3.63) is 56.8 Å². The monoisotopic (exact) mass is 582 g/mol. The number of morpholine rings is 2. The van der Waals surface area contributed by atoms with Gasteiger partial charge < -0.3 is 34.5 Å². The maximum absolute atomic E-state index is 12.7. The van der Waals surface area contributed by atoms with Gasteiger partial charge >= 0.3 is 0 Å². The van der Waals surface area contributed by atoms with Crippen molar-refractivity contribution in [2.24, 2.45) is 5.92 Å². The molecule has 2 fully saturated rings. The topological polar surface area (TPSA) is 117 Å². The Labute approximate surface area is 250 Å². The van der Waals surface area contributed by atoms with E-state index < -0.39 is 5.92 Å². The number of aromatic nitrogens is 2. The summed E-state index contributed by atoms with van der Waals surface area (Å²) in [6, 6.07) is 0. The number of aromatic amines is 2. The summed E-state index contributed by atoms with van der Waals surface area (Å²) >= 11 is 0. The van der Waals surface area contributed by atoms with Crippen LogP contribution in [0.4, 0.5) is 0 Å². The van der Waals surface area contributed by atoms with Gasteiger partial charge in [-0.1, -0.05) is 21.3 Å². The first-order valence-electron chi connectivity index (χ1n) is 15.1. The molecule has 0 amide bonds. The van der Waals surface area contributed by atoms with E-state index in [-0.39, 0.29) is 19.0 Å². The third kappa shape index (κ3) is 7.68. The number of nitrogens with one attached hydrogen (secondary N) is 3. The average Bonchev–Trinajstić information content (AvgIpc) is 3.52. The lowest BCUT2D eigenvalue weighted by molar-refractivity contribution is -0.110. The van der Waals surface area contributed by atoms with E-state index in [1.54, 1.807) is 0 Å². The van der Waals surface area contributed by atoms with Gasteiger partial charge in [-0.05, 0) is 63.5 Å². The van der Waals surface area contributed by atoms with E-state index in [0.717, 1.165) is 136 Å². The van der Waals surface area contributed by atoms with Crippen molar-refractivity contribution < 1.29 is 23.9 Å². The third-order valence-electron chi connectivity index (χ3n) is 8.34. The number of fused-ring (bicyclic) bond motifs is 2. The zero-order chi connectivity index (χ0) is 29.4. The van der Waals surface area contributed by atoms with Gasteiger partial charge in [0.05, 0.1) is 32.3 Å². The number of carbonyl (C=O) groups is 3. The molecule has 2 aliphatic carbocycles. The zero-order valence-electron chi connectivity index (χ0n) is 25.1. The molecule has 0 radical (unpaired) electrons. The van der Waals surface area contributed by atoms with Crippen LogP contribution in [0.1, 0.15) is 88.7 Å². The van der Waals surface area contributed by atoms with Crippen LogP contribution < -0.4 is 5.32 Å². The fourth-order valence-electron chi connectivity index (χ4n) is 6.14. The average molecular weight is 583 g/mol. The minimum atomic E-state index is -0.419. The first kappa shape index (κ1) is 33.5. The van der Waals surface area contributed by atoms with Crippen LogP contribution >= 0.6 is 0 Å². The van der Waals surface area contributed by atoms with Gasteiger partial charge in [-0.2, -0.15) is 0 Å². The van der Waals surface area contributed by atoms with E-state index in [1.807, 2.05) is 13.8 Å². The molecule has 0 aromatic carbocycles. The number of aryl methyl sites for hydroxylation is 4. The first-order valence-corrected chi connectivity index (χ1v) is 15.1. The van der Waals surface area contributed by atoms with Crippen LogP contribution in [0.2, 0.25) is 0 Å². The standard InChI is InChI=1S/C16H22N2O2.C12H15NO2.C4H9NO.CH4/c1-3-13-11(2)17-14-5-4-12(16(19)15(13)14)10-18-6-8-20-9-7-18;1-3-9-7(2)13-10-5-4-8(6-14)12(15)11(9)10;1-3-6-4-2-5-1;/h10,17H,3-9H2,1-2H3;6,8,13H,3-5H2,1-2H3;5H,1-4H2;1H4/b12-10-;;;. The molecule has 3 N–H and O–H groups in total. The molecule has 42 heavy (non-hydrogen) atoms. The second-order valence-corrected chi connectivity index (χ2v) is 11.0. The summed E-state index contributed by atoms with van der Waals surface area (Å²) in [6.45, 7) is 15.3. The molecular weight excluding hydrogens is 532 g/mol. The molecule has 0 bridgehead atoms. The molecule has 232 valence electrons. The second-order valence-electron chi connectivity index (χ2n) is 11.0. The van der Waals surface area contributed by atoms with E-state index in [1.165, 1.54) is 5.56 Å². The van der Waals surface area contributed by atoms with E-state index >= 15 is 0 Å². The molecule has 2 saturated heterocycles. The van der Waals surface area contributed by atoms with Crippen molar-refractivity contribution in [1.82, 2.24) is 20.2 Å². The molecule has 4 heterocycles. The number of hydrogen-bond acceptors (Lipinski definition) is 7. The van der Waals surface area contributed by atoms with Crippen molar-refractivity contribution in [2.45, 2.75) is 73.6 Å². The molecule has 2 aliphatic heterocycles. The summed E-state index contributed by atoms with van der Waals surface area (Å²) < 4.78 is 10.4. The van der Waals surface area contributed by atoms with Crippen molar-refractivity contribution in [3.63, 3.8) is 0 Å². The summed E-state index contributed by atoms with van der Waals surface area (Å²) in [4.78, 5) is 44.3. The van der Waals surface area contributed by atoms with Gasteiger partial charge in [-0.15, -0.1) is 0 Å². The maximum atomic E-state index is 12.7. The number of allylic oxidation sites excluding steroid dienone is 1. The quantitative estimate of drug-likeness (QED) is 0.280. The summed E-state index contributed by atoms with van der Waals surface area (Å²) in [5.74, 6) is -0.190. The van der Waals surface area contributed by atoms with E-state index in [0.29, 0.717) is 6.42 Å². The summed E-state index contributed by atoms with van der Waals surface area (Å²) in [5.41, 5.74) is 9.33. The number of aldehydes is 1. The number of Topliss-reactive ketones (excluding diaryl/α,β-unsaturated/α-hetero) is 2. The van der Waals surface area contributed by atoms with E-state index in [9.17, 15) is 14.4 Å². The Morgan fingerprint density at radius 1 is 0.833 bits per heavy atom. The lowest BCUT2D eigenvalue weighted by Gasteiger charge is -2.27. The Kier molecular flexibility index (Phi) is 12.8. The molecular formula is C33H50N4O5. The summed E-state index contributed by atoms with van der Waals surface area (Å²) in [7, 11) is 0. The van der Waals surface area contributed by atoms with Crippen LogP contribution in [0.5, 0.6) is 0 Å². The van der Waals surface area contributed by atoms with Crippen LogP contribution in [0.3, 0.4) is 0 Å². The Balaban J connectivity index is 0.000000194. The van der Waals surface area contributed by atoms with Crippen LogP contribution in [0.15, 0.2) is 11.8 Å². The van der Waals surface area contributed by atoms with Crippen LogP contribution in [-0.2, 0) is 40.0 Å². The number of hydrogen-bond donors (Lipinski definition) is 3. The van der Waals surface area contributed by atoms with Gasteiger partial charge in [0.25, 0.3) is 0 Å². The van der Waals surface area contributed by atoms with Crippen molar-refractivity contribution in [2.75, 3.05) is 52.6 Å². The number of carbonyl (C=O) groups excluding carboxylic acids is 3. The van der Waals surface area contributed by atoms with E-state index in [2.05, 4.69) is 40.2 Å². The number of rotatable bonds is 4. The Morgan fingerprint density at radius 2 is 1.40 bits per heavy atom. The lowest BCUT2D eigenvalue weighted by Crippen LogP contribution is -2.33. The van der Waals surface area contributed by atoms with Gasteiger partial charge in [0, 0.05) is 71.9 Å². The second kappa shape index (κ2) is 16.0. The van der Waals surface area contributed by atoms with Crippen molar-refractivity contribution in [3.8, 4) is 0 Å². The summed E-state index contributed by atoms with van der Waals surface area (Å²) in [6.07, 6.45) is 7.85. The Bertz CT molecular complexity index is 1240. The molecule has 0 saturated carbocycles. The van der Waals surface area contributed by atoms with Crippen LogP contribution in [-0.4, -0.2) is 85.3 Å². The number of nitrogens with zero attached hydrogens (tertiary/aromatic N) is 1. The maximum Gasteiger partial charge on any atom is 0.192 e. The minimum absolute atomic E-state index is 0. The molecule has 1 unspecified atom stereocenters. The Morgan fingerprint density at radius 3 is 1.93 bits per heavy atom. The largest absolute Gasteiger partial charge is 0.379 e. The molecule has 6 rings (SSSR count). The summed E-state index contributed by atoms with van der Waals surface area (Å²) in [5, 5.41) is 3.16. The highest BCUT2D eigenvalue weighted by atomic mass is 16.5. The van der Waals surface area contributed by atoms with Crippen molar-refractivity contribution >= 4 is 17.9 Å². The molecule has 2 aromatic rings. The molecule has 1 atom stereocenters. The van der Waals surface area contributed by atoms with Gasteiger partial charge in [0.2, 0.25) is 0 Å². The number of H-pyrrole nitrogens is 2.